The van der Waals surface area contributed by atoms with Crippen molar-refractivity contribution < 1.29 is 13.5 Å². The van der Waals surface area contributed by atoms with Crippen LogP contribution in [0.15, 0.2) is 23.1 Å². The maximum Gasteiger partial charge on any atom is 0.273 e. The van der Waals surface area contributed by atoms with Crippen LogP contribution in [0.5, 0.6) is 5.75 Å². The summed E-state index contributed by atoms with van der Waals surface area (Å²) in [6.07, 6.45) is 2.88. The van der Waals surface area contributed by atoms with Gasteiger partial charge in [0.2, 0.25) is 0 Å². The third kappa shape index (κ3) is 4.61. The van der Waals surface area contributed by atoms with Gasteiger partial charge in [-0.15, -0.1) is 0 Å². The molecule has 1 aliphatic rings. The Morgan fingerprint density at radius 3 is 2.71 bits per heavy atom. The lowest BCUT2D eigenvalue weighted by molar-refractivity contribution is 0.216. The fourth-order valence-electron chi connectivity index (χ4n) is 4.45. The van der Waals surface area contributed by atoms with Gasteiger partial charge in [-0.25, -0.2) is 13.9 Å². The molecule has 38 heavy (non-hydrogen) atoms. The highest BCUT2D eigenvalue weighted by Crippen LogP contribution is 2.43. The first-order valence-corrected chi connectivity index (χ1v) is 12.3. The zero-order valence-electron chi connectivity index (χ0n) is 20.9. The Hall–Kier alpha value is -3.88. The molecule has 12 heteroatoms. The smallest absolute Gasteiger partial charge is 0.273 e. The van der Waals surface area contributed by atoms with Crippen molar-refractivity contribution in [1.82, 2.24) is 25.0 Å². The van der Waals surface area contributed by atoms with Gasteiger partial charge >= 0.3 is 0 Å². The number of ether oxygens (including phenoxy) is 1. The van der Waals surface area contributed by atoms with Gasteiger partial charge in [0.25, 0.3) is 5.56 Å². The molecule has 0 radical (unpaired) electrons. The summed E-state index contributed by atoms with van der Waals surface area (Å²) < 4.78 is 37.7. The van der Waals surface area contributed by atoms with Gasteiger partial charge < -0.3 is 10.5 Å². The Morgan fingerprint density at radius 1 is 1.34 bits per heavy atom. The summed E-state index contributed by atoms with van der Waals surface area (Å²) in [5.41, 5.74) is 4.91. The number of hydrogen-bond acceptors (Lipinski definition) is 7. The van der Waals surface area contributed by atoms with Crippen LogP contribution in [0.2, 0.25) is 5.02 Å². The van der Waals surface area contributed by atoms with Gasteiger partial charge in [0, 0.05) is 37.0 Å². The number of hydrogen-bond donors (Lipinski definition) is 2. The van der Waals surface area contributed by atoms with Crippen LogP contribution in [-0.2, 0) is 20.0 Å². The van der Waals surface area contributed by atoms with E-state index >= 15 is 4.39 Å². The number of nitrogens with two attached hydrogens (primary N) is 1. The highest BCUT2D eigenvalue weighted by Gasteiger charge is 2.30. The minimum atomic E-state index is -1.70. The summed E-state index contributed by atoms with van der Waals surface area (Å²) >= 11 is 6.24. The summed E-state index contributed by atoms with van der Waals surface area (Å²) in [5.74, 6) is -0.640. The first kappa shape index (κ1) is 25.8. The maximum absolute atomic E-state index is 15.6. The van der Waals surface area contributed by atoms with E-state index in [1.165, 1.54) is 30.8 Å². The van der Waals surface area contributed by atoms with Gasteiger partial charge in [-0.3, -0.25) is 14.5 Å². The number of benzene rings is 1. The Balaban J connectivity index is 1.81. The molecule has 1 aliphatic carbocycles. The molecule has 3 heterocycles. The van der Waals surface area contributed by atoms with E-state index in [0.29, 0.717) is 16.6 Å². The van der Waals surface area contributed by atoms with Crippen molar-refractivity contribution in [1.29, 1.82) is 5.26 Å². The highest BCUT2D eigenvalue weighted by atomic mass is 35.5. The number of pyridine rings is 1. The van der Waals surface area contributed by atoms with Crippen LogP contribution in [0, 0.1) is 17.1 Å². The van der Waals surface area contributed by atoms with E-state index in [4.69, 9.17) is 22.1 Å². The zero-order chi connectivity index (χ0) is 27.4. The maximum atomic E-state index is 15.6. The van der Waals surface area contributed by atoms with Crippen molar-refractivity contribution >= 4 is 22.4 Å². The lowest BCUT2D eigenvalue weighted by Crippen LogP contribution is -2.21. The third-order valence-corrected chi connectivity index (χ3v) is 6.55. The molecule has 0 amide bonds. The fourth-order valence-corrected chi connectivity index (χ4v) is 4.64. The number of halogens is 3. The van der Waals surface area contributed by atoms with Crippen LogP contribution in [0.3, 0.4) is 0 Å². The van der Waals surface area contributed by atoms with E-state index in [9.17, 15) is 14.4 Å². The summed E-state index contributed by atoms with van der Waals surface area (Å²) in [5, 5.41) is 21.1. The molecule has 0 spiro atoms. The lowest BCUT2D eigenvalue weighted by atomic mass is 9.96. The van der Waals surface area contributed by atoms with Gasteiger partial charge in [0.15, 0.2) is 5.82 Å². The molecule has 196 valence electrons. The number of rotatable bonds is 7. The van der Waals surface area contributed by atoms with E-state index in [-0.39, 0.29) is 63.4 Å². The Labute approximate surface area is 221 Å². The van der Waals surface area contributed by atoms with Gasteiger partial charge in [0.05, 0.1) is 51.0 Å². The van der Waals surface area contributed by atoms with Crippen molar-refractivity contribution in [2.75, 3.05) is 0 Å². The molecule has 1 saturated carbocycles. The molecule has 4 aromatic rings. The first-order chi connectivity index (χ1) is 18.0. The molecule has 0 unspecified atom stereocenters. The number of alkyl halides is 1. The average molecular weight is 540 g/mol. The largest absolute Gasteiger partial charge is 0.489 e. The number of aromatic nitrogens is 5. The van der Waals surface area contributed by atoms with Crippen LogP contribution >= 0.6 is 11.6 Å². The molecule has 0 aliphatic heterocycles. The van der Waals surface area contributed by atoms with Gasteiger partial charge in [-0.1, -0.05) is 11.6 Å². The molecule has 9 nitrogen and oxygen atoms in total. The second-order valence-electron chi connectivity index (χ2n) is 9.86. The summed E-state index contributed by atoms with van der Waals surface area (Å²) in [4.78, 5) is 17.4. The number of aryl methyl sites for hydroxylation is 1. The van der Waals surface area contributed by atoms with Gasteiger partial charge in [0.1, 0.15) is 23.1 Å². The number of fused-ring (bicyclic) bond motifs is 1. The molecule has 0 saturated heterocycles. The molecule has 5 rings (SSSR count). The summed E-state index contributed by atoms with van der Waals surface area (Å²) in [7, 11) is 1.59. The second-order valence-corrected chi connectivity index (χ2v) is 10.3. The van der Waals surface area contributed by atoms with Crippen molar-refractivity contribution in [3.8, 4) is 34.3 Å². The topological polar surface area (TPSA) is 136 Å². The molecule has 3 N–H and O–H groups in total. The molecular formula is C26H24ClF2N7O2. The predicted octanol–water partition coefficient (Wildman–Crippen LogP) is 4.34. The number of nitriles is 1. The van der Waals surface area contributed by atoms with Crippen LogP contribution in [-0.4, -0.2) is 36.7 Å². The quantitative estimate of drug-likeness (QED) is 0.356. The van der Waals surface area contributed by atoms with Crippen molar-refractivity contribution in [3.05, 3.63) is 56.5 Å². The second kappa shape index (κ2) is 9.45. The average Bonchev–Trinajstić information content (AvgIpc) is 3.59. The molecule has 3 aromatic heterocycles. The molecule has 1 fully saturated rings. The predicted molar refractivity (Wildman–Crippen MR) is 138 cm³/mol. The van der Waals surface area contributed by atoms with E-state index < -0.39 is 17.0 Å². The monoisotopic (exact) mass is 539 g/mol. The third-order valence-electron chi connectivity index (χ3n) is 6.27. The van der Waals surface area contributed by atoms with Crippen molar-refractivity contribution in [2.45, 2.75) is 51.4 Å². The van der Waals surface area contributed by atoms with Crippen LogP contribution in [0.1, 0.15) is 43.6 Å². The number of nitrogens with zero attached hydrogens (tertiary/aromatic N) is 5. The van der Waals surface area contributed by atoms with Crippen LogP contribution in [0.4, 0.5) is 8.78 Å². The van der Waals surface area contributed by atoms with E-state index in [1.807, 2.05) is 0 Å². The fraction of sp³-hybridized carbons (Fsp3) is 0.346. The molecular weight excluding hydrogens is 516 g/mol. The standard InChI is InChI=1S/C26H24ClF2N7O2/c1-26(2,29)8-18-21-13(19(10-31)34-35-25(21)37)6-17(33-18)15-11-32-36(3)24(15)22-14(9-30)20(38-12-4-5-12)7-16(27)23(22)28/h6-7,11-12H,4-5,8,10,31H2,1-3H3,(H,35,37). The normalized spacial score (nSPS) is 13.6. The summed E-state index contributed by atoms with van der Waals surface area (Å²) in [6, 6.07) is 4.94. The van der Waals surface area contributed by atoms with Crippen molar-refractivity contribution in [2.24, 2.45) is 12.8 Å². The number of aromatic amines is 1. The first-order valence-electron chi connectivity index (χ1n) is 11.9. The Morgan fingerprint density at radius 2 is 2.08 bits per heavy atom. The van der Waals surface area contributed by atoms with E-state index in [0.717, 1.165) is 12.8 Å². The Bertz CT molecular complexity index is 1680. The van der Waals surface area contributed by atoms with Gasteiger partial charge in [-0.2, -0.15) is 15.5 Å². The lowest BCUT2D eigenvalue weighted by Gasteiger charge is -2.17. The number of H-pyrrole nitrogens is 1. The zero-order valence-corrected chi connectivity index (χ0v) is 21.7. The molecule has 0 bridgehead atoms. The van der Waals surface area contributed by atoms with Crippen LogP contribution < -0.4 is 16.0 Å². The minimum absolute atomic E-state index is 0.00153. The molecule has 1 aromatic carbocycles. The van der Waals surface area contributed by atoms with Crippen LogP contribution in [0.25, 0.3) is 33.3 Å². The van der Waals surface area contributed by atoms with E-state index in [1.54, 1.807) is 13.1 Å². The highest BCUT2D eigenvalue weighted by molar-refractivity contribution is 6.31. The SMILES string of the molecule is Cn1ncc(-c2cc3c(CN)n[nH]c(=O)c3c(CC(C)(C)F)n2)c1-c1c(F)c(Cl)cc(OC2CC2)c1C#N. The minimum Gasteiger partial charge on any atom is -0.489 e. The van der Waals surface area contributed by atoms with Gasteiger partial charge in [-0.05, 0) is 32.8 Å². The molecule has 0 atom stereocenters. The Kier molecular flexibility index (Phi) is 6.41. The van der Waals surface area contributed by atoms with E-state index in [2.05, 4.69) is 26.3 Å². The van der Waals surface area contributed by atoms with Crippen molar-refractivity contribution in [3.63, 3.8) is 0 Å². The number of nitrogens with one attached hydrogen (secondary N) is 1. The summed E-state index contributed by atoms with van der Waals surface area (Å²) in [6.45, 7) is 2.76.